The van der Waals surface area contributed by atoms with Crippen LogP contribution in [0.5, 0.6) is 0 Å². The highest BCUT2D eigenvalue weighted by Gasteiger charge is 2.29. The molecule has 4 heterocycles. The summed E-state index contributed by atoms with van der Waals surface area (Å²) < 4.78 is 18.8. The van der Waals surface area contributed by atoms with Gasteiger partial charge in [0.2, 0.25) is 11.7 Å². The van der Waals surface area contributed by atoms with Crippen molar-refractivity contribution in [1.29, 1.82) is 0 Å². The minimum Gasteiger partial charge on any atom is -0.339 e. The summed E-state index contributed by atoms with van der Waals surface area (Å²) in [6, 6.07) is 7.87. The van der Waals surface area contributed by atoms with Gasteiger partial charge >= 0.3 is 0 Å². The normalized spacial score (nSPS) is 15.1. The van der Waals surface area contributed by atoms with Crippen LogP contribution in [0.15, 0.2) is 47.2 Å². The second kappa shape index (κ2) is 7.08. The number of halogens is 1. The van der Waals surface area contributed by atoms with Crippen LogP contribution in [0.4, 0.5) is 4.39 Å². The molecular weight excluding hydrogens is 375 g/mol. The number of aromatic amines is 1. The van der Waals surface area contributed by atoms with Crippen LogP contribution in [-0.4, -0.2) is 49.0 Å². The summed E-state index contributed by atoms with van der Waals surface area (Å²) in [6.07, 6.45) is 4.81. The molecule has 8 nitrogen and oxygen atoms in total. The number of carbonyl (C=O) groups excluding carboxylic acids is 1. The largest absolute Gasteiger partial charge is 0.339 e. The van der Waals surface area contributed by atoms with Crippen molar-refractivity contribution in [3.63, 3.8) is 0 Å². The number of carbonyl (C=O) groups is 1. The minimum atomic E-state index is -0.369. The summed E-state index contributed by atoms with van der Waals surface area (Å²) in [5.74, 6) is 0.891. The average molecular weight is 392 g/mol. The molecule has 0 atom stereocenters. The number of pyridine rings is 1. The Bertz CT molecular complexity index is 1160. The molecule has 0 bridgehead atoms. The summed E-state index contributed by atoms with van der Waals surface area (Å²) in [5, 5.41) is 4.05. The zero-order valence-electron chi connectivity index (χ0n) is 15.4. The zero-order chi connectivity index (χ0) is 19.8. The summed E-state index contributed by atoms with van der Waals surface area (Å²) >= 11 is 0. The van der Waals surface area contributed by atoms with Crippen molar-refractivity contribution in [2.75, 3.05) is 13.1 Å². The lowest BCUT2D eigenvalue weighted by Gasteiger charge is -2.29. The van der Waals surface area contributed by atoms with E-state index in [1.54, 1.807) is 23.4 Å². The van der Waals surface area contributed by atoms with Crippen LogP contribution < -0.4 is 0 Å². The van der Waals surface area contributed by atoms with Crippen LogP contribution in [0.3, 0.4) is 0 Å². The van der Waals surface area contributed by atoms with Crippen molar-refractivity contribution in [1.82, 2.24) is 30.0 Å². The molecule has 1 aliphatic rings. The lowest BCUT2D eigenvalue weighted by Crippen LogP contribution is -2.38. The molecule has 1 aromatic carbocycles. The van der Waals surface area contributed by atoms with Crippen molar-refractivity contribution >= 4 is 16.9 Å². The molecule has 1 amide bonds. The maximum Gasteiger partial charge on any atom is 0.289 e. The van der Waals surface area contributed by atoms with Crippen LogP contribution in [0.2, 0.25) is 0 Å². The monoisotopic (exact) mass is 392 g/mol. The average Bonchev–Trinajstić information content (AvgIpc) is 3.41. The molecule has 4 aromatic rings. The second-order valence-corrected chi connectivity index (χ2v) is 7.01. The van der Waals surface area contributed by atoms with Gasteiger partial charge in [-0.1, -0.05) is 5.16 Å². The Morgan fingerprint density at radius 1 is 1.14 bits per heavy atom. The van der Waals surface area contributed by atoms with Crippen LogP contribution in [0.25, 0.3) is 22.4 Å². The quantitative estimate of drug-likeness (QED) is 0.575. The van der Waals surface area contributed by atoms with E-state index < -0.39 is 0 Å². The number of H-pyrrole nitrogens is 1. The van der Waals surface area contributed by atoms with Gasteiger partial charge in [-0.25, -0.2) is 9.37 Å². The van der Waals surface area contributed by atoms with Crippen molar-refractivity contribution in [3.05, 3.63) is 60.3 Å². The fraction of sp³-hybridized carbons (Fsp3) is 0.250. The number of likely N-dealkylation sites (tertiary alicyclic amines) is 1. The first-order valence-electron chi connectivity index (χ1n) is 9.36. The molecule has 29 heavy (non-hydrogen) atoms. The number of aromatic nitrogens is 5. The molecule has 1 fully saturated rings. The first-order valence-corrected chi connectivity index (χ1v) is 9.36. The molecule has 0 spiro atoms. The van der Waals surface area contributed by atoms with Gasteiger partial charge in [0.1, 0.15) is 5.82 Å². The van der Waals surface area contributed by atoms with E-state index in [9.17, 15) is 9.18 Å². The molecule has 146 valence electrons. The van der Waals surface area contributed by atoms with E-state index in [1.807, 2.05) is 12.1 Å². The van der Waals surface area contributed by atoms with Gasteiger partial charge in [0, 0.05) is 37.0 Å². The van der Waals surface area contributed by atoms with Gasteiger partial charge < -0.3 is 14.4 Å². The number of fused-ring (bicyclic) bond motifs is 1. The third-order valence-electron chi connectivity index (χ3n) is 5.16. The smallest absolute Gasteiger partial charge is 0.289 e. The summed E-state index contributed by atoms with van der Waals surface area (Å²) in [7, 11) is 0. The lowest BCUT2D eigenvalue weighted by molar-refractivity contribution is 0.0693. The molecule has 0 aliphatic carbocycles. The van der Waals surface area contributed by atoms with E-state index in [0.717, 1.165) is 18.4 Å². The van der Waals surface area contributed by atoms with Gasteiger partial charge in [0.15, 0.2) is 5.82 Å². The highest BCUT2D eigenvalue weighted by molar-refractivity contribution is 5.94. The molecular formula is C20H17FN6O2. The molecule has 0 saturated carbocycles. The summed E-state index contributed by atoms with van der Waals surface area (Å²) in [5.41, 5.74) is 1.93. The number of amides is 1. The molecule has 1 saturated heterocycles. The first kappa shape index (κ1) is 17.5. The Balaban J connectivity index is 1.26. The van der Waals surface area contributed by atoms with Crippen LogP contribution in [0.1, 0.15) is 35.3 Å². The van der Waals surface area contributed by atoms with Gasteiger partial charge in [0.05, 0.1) is 11.0 Å². The Morgan fingerprint density at radius 2 is 1.93 bits per heavy atom. The van der Waals surface area contributed by atoms with E-state index >= 15 is 0 Å². The van der Waals surface area contributed by atoms with Gasteiger partial charge in [-0.15, -0.1) is 0 Å². The van der Waals surface area contributed by atoms with E-state index in [-0.39, 0.29) is 23.5 Å². The molecule has 1 N–H and O–H groups in total. The molecule has 0 radical (unpaired) electrons. The molecule has 0 unspecified atom stereocenters. The summed E-state index contributed by atoms with van der Waals surface area (Å²) in [6.45, 7) is 1.11. The number of rotatable bonds is 3. The molecule has 3 aromatic heterocycles. The minimum absolute atomic E-state index is 0.104. The van der Waals surface area contributed by atoms with Gasteiger partial charge in [0.25, 0.3) is 5.91 Å². The van der Waals surface area contributed by atoms with Crippen LogP contribution in [-0.2, 0) is 0 Å². The Hall–Kier alpha value is -3.62. The fourth-order valence-corrected chi connectivity index (χ4v) is 3.58. The maximum atomic E-state index is 13.3. The van der Waals surface area contributed by atoms with E-state index in [4.69, 9.17) is 4.52 Å². The lowest BCUT2D eigenvalue weighted by atomic mass is 9.96. The van der Waals surface area contributed by atoms with Crippen molar-refractivity contribution < 1.29 is 13.7 Å². The van der Waals surface area contributed by atoms with Crippen molar-refractivity contribution in [3.8, 4) is 11.4 Å². The number of nitrogens with zero attached hydrogens (tertiary/aromatic N) is 5. The SMILES string of the molecule is O=C(c1nc2ccc(F)cc2[nH]1)N1CCC(c2nc(-c3ccncc3)no2)CC1. The van der Waals surface area contributed by atoms with Crippen LogP contribution in [0, 0.1) is 5.82 Å². The highest BCUT2D eigenvalue weighted by atomic mass is 19.1. The second-order valence-electron chi connectivity index (χ2n) is 7.01. The van der Waals surface area contributed by atoms with Gasteiger partial charge in [-0.3, -0.25) is 9.78 Å². The standard InChI is InChI=1S/C20H17FN6O2/c21-14-1-2-15-16(11-14)24-18(23-15)20(28)27-9-5-13(6-10-27)19-25-17(26-29-19)12-3-7-22-8-4-12/h1-4,7-8,11,13H,5-6,9-10H2,(H,23,24). The van der Waals surface area contributed by atoms with Crippen molar-refractivity contribution in [2.45, 2.75) is 18.8 Å². The first-order chi connectivity index (χ1) is 14.2. The van der Waals surface area contributed by atoms with Gasteiger partial charge in [-0.05, 0) is 43.2 Å². The third kappa shape index (κ3) is 3.35. The third-order valence-corrected chi connectivity index (χ3v) is 5.16. The fourth-order valence-electron chi connectivity index (χ4n) is 3.58. The predicted octanol–water partition coefficient (Wildman–Crippen LogP) is 3.17. The molecule has 9 heteroatoms. The van der Waals surface area contributed by atoms with E-state index in [0.29, 0.717) is 35.8 Å². The van der Waals surface area contributed by atoms with Crippen LogP contribution >= 0.6 is 0 Å². The Morgan fingerprint density at radius 3 is 2.72 bits per heavy atom. The number of piperidine rings is 1. The number of hydrogen-bond acceptors (Lipinski definition) is 6. The molecule has 1 aliphatic heterocycles. The Labute approximate surface area is 164 Å². The number of nitrogens with one attached hydrogen (secondary N) is 1. The number of hydrogen-bond donors (Lipinski definition) is 1. The number of benzene rings is 1. The van der Waals surface area contributed by atoms with E-state index in [2.05, 4.69) is 25.1 Å². The molecule has 5 rings (SSSR count). The van der Waals surface area contributed by atoms with Gasteiger partial charge in [-0.2, -0.15) is 4.98 Å². The van der Waals surface area contributed by atoms with Crippen molar-refractivity contribution in [2.24, 2.45) is 0 Å². The topological polar surface area (TPSA) is 101 Å². The zero-order valence-corrected chi connectivity index (χ0v) is 15.4. The number of imidazole rings is 1. The highest BCUT2D eigenvalue weighted by Crippen LogP contribution is 2.29. The van der Waals surface area contributed by atoms with E-state index in [1.165, 1.54) is 12.1 Å². The maximum absolute atomic E-state index is 13.3. The predicted molar refractivity (Wildman–Crippen MR) is 101 cm³/mol. The summed E-state index contributed by atoms with van der Waals surface area (Å²) in [4.78, 5) is 30.2. The Kier molecular flexibility index (Phi) is 4.27.